The van der Waals surface area contributed by atoms with Crippen molar-refractivity contribution in [3.8, 4) is 5.75 Å². The molecule has 0 spiro atoms. The van der Waals surface area contributed by atoms with Crippen LogP contribution in [-0.4, -0.2) is 33.6 Å². The van der Waals surface area contributed by atoms with Gasteiger partial charge in [-0.15, -0.1) is 0 Å². The number of aliphatic carboxylic acids is 1. The number of nitrogens with zero attached hydrogens (tertiary/aromatic N) is 1. The normalized spacial score (nSPS) is 11.8. The number of carbonyl (C=O) groups is 2. The number of carbonyl (C=O) groups excluding carboxylic acids is 1. The zero-order valence-corrected chi connectivity index (χ0v) is 10.8. The quantitative estimate of drug-likeness (QED) is 0.693. The molecule has 0 saturated carbocycles. The maximum Gasteiger partial charge on any atom is 0.303 e. The van der Waals surface area contributed by atoms with Gasteiger partial charge < -0.3 is 15.5 Å². The Balaban J connectivity index is 2.31. The number of pyridine rings is 1. The number of hydrogen-bond acceptors (Lipinski definition) is 4. The van der Waals surface area contributed by atoms with E-state index in [1.807, 2.05) is 6.92 Å². The summed E-state index contributed by atoms with van der Waals surface area (Å²) in [7, 11) is 0. The second-order valence-corrected chi connectivity index (χ2v) is 4.47. The van der Waals surface area contributed by atoms with Crippen LogP contribution < -0.4 is 5.32 Å². The molecule has 0 aliphatic rings. The van der Waals surface area contributed by atoms with Crippen molar-refractivity contribution in [3.05, 3.63) is 24.0 Å². The van der Waals surface area contributed by atoms with Gasteiger partial charge in [0.2, 0.25) is 0 Å². The van der Waals surface area contributed by atoms with Gasteiger partial charge in [-0.05, 0) is 24.8 Å². The number of amides is 1. The molecule has 3 N–H and O–H groups in total. The van der Waals surface area contributed by atoms with Crippen LogP contribution in [-0.2, 0) is 4.79 Å². The van der Waals surface area contributed by atoms with E-state index in [4.69, 9.17) is 5.11 Å². The highest BCUT2D eigenvalue weighted by Gasteiger charge is 2.11. The van der Waals surface area contributed by atoms with Crippen molar-refractivity contribution in [2.24, 2.45) is 5.92 Å². The highest BCUT2D eigenvalue weighted by Crippen LogP contribution is 2.14. The van der Waals surface area contributed by atoms with E-state index >= 15 is 0 Å². The monoisotopic (exact) mass is 266 g/mol. The molecule has 0 aliphatic heterocycles. The van der Waals surface area contributed by atoms with E-state index in [1.54, 1.807) is 0 Å². The van der Waals surface area contributed by atoms with Crippen LogP contribution in [0.25, 0.3) is 0 Å². The zero-order valence-electron chi connectivity index (χ0n) is 10.8. The third kappa shape index (κ3) is 5.37. The highest BCUT2D eigenvalue weighted by molar-refractivity contribution is 5.96. The predicted molar refractivity (Wildman–Crippen MR) is 68.9 cm³/mol. The smallest absolute Gasteiger partial charge is 0.303 e. The fourth-order valence-corrected chi connectivity index (χ4v) is 1.62. The minimum absolute atomic E-state index is 0.139. The van der Waals surface area contributed by atoms with E-state index in [9.17, 15) is 14.7 Å². The van der Waals surface area contributed by atoms with Crippen LogP contribution in [0.4, 0.5) is 0 Å². The lowest BCUT2D eigenvalue weighted by Crippen LogP contribution is -2.25. The Morgan fingerprint density at radius 2 is 2.16 bits per heavy atom. The number of hydrogen-bond donors (Lipinski definition) is 3. The number of carboxylic acid groups (broad SMARTS) is 1. The topological polar surface area (TPSA) is 99.5 Å². The highest BCUT2D eigenvalue weighted by atomic mass is 16.4. The van der Waals surface area contributed by atoms with Crippen LogP contribution in [0.1, 0.15) is 36.5 Å². The molecule has 0 aliphatic carbocycles. The molecule has 0 bridgehead atoms. The Morgan fingerprint density at radius 3 is 2.79 bits per heavy atom. The minimum Gasteiger partial charge on any atom is -0.505 e. The summed E-state index contributed by atoms with van der Waals surface area (Å²) in [6.45, 7) is 2.39. The average Bonchev–Trinajstić information content (AvgIpc) is 2.36. The molecule has 0 aromatic carbocycles. The van der Waals surface area contributed by atoms with Crippen molar-refractivity contribution in [2.75, 3.05) is 6.54 Å². The van der Waals surface area contributed by atoms with E-state index in [1.165, 1.54) is 18.5 Å². The molecule has 1 atom stereocenters. The second kappa shape index (κ2) is 7.35. The summed E-state index contributed by atoms with van der Waals surface area (Å²) in [6.07, 6.45) is 4.07. The van der Waals surface area contributed by atoms with Gasteiger partial charge in [-0.2, -0.15) is 0 Å². The molecule has 1 unspecified atom stereocenters. The Kier molecular flexibility index (Phi) is 5.78. The summed E-state index contributed by atoms with van der Waals surface area (Å²) in [5.74, 6) is -1.09. The number of aromatic nitrogens is 1. The minimum atomic E-state index is -0.808. The number of aromatic hydroxyl groups is 1. The SMILES string of the molecule is CC(CCNC(=O)c1ccncc1O)CCC(=O)O. The molecular formula is C13H18N2O4. The molecule has 0 saturated heterocycles. The van der Waals surface area contributed by atoms with Crippen LogP contribution in [0.3, 0.4) is 0 Å². The Morgan fingerprint density at radius 1 is 1.42 bits per heavy atom. The van der Waals surface area contributed by atoms with Gasteiger partial charge in [0.05, 0.1) is 11.8 Å². The lowest BCUT2D eigenvalue weighted by Gasteiger charge is -2.11. The number of nitrogens with one attached hydrogen (secondary N) is 1. The van der Waals surface area contributed by atoms with Gasteiger partial charge in [0.15, 0.2) is 0 Å². The first-order chi connectivity index (χ1) is 9.00. The molecule has 1 rings (SSSR count). The van der Waals surface area contributed by atoms with Gasteiger partial charge >= 0.3 is 5.97 Å². The number of rotatable bonds is 7. The Labute approximate surface area is 111 Å². The van der Waals surface area contributed by atoms with E-state index in [0.717, 1.165) is 0 Å². The molecule has 6 heteroatoms. The van der Waals surface area contributed by atoms with Crippen LogP contribution in [0.2, 0.25) is 0 Å². The standard InChI is InChI=1S/C13H18N2O4/c1-9(2-3-12(17)18)4-7-15-13(19)10-5-6-14-8-11(10)16/h5-6,8-9,16H,2-4,7H2,1H3,(H,15,19)(H,17,18). The molecule has 1 aromatic heterocycles. The summed E-state index contributed by atoms with van der Waals surface area (Å²) in [5, 5.41) is 20.7. The summed E-state index contributed by atoms with van der Waals surface area (Å²) >= 11 is 0. The van der Waals surface area contributed by atoms with Gasteiger partial charge in [-0.1, -0.05) is 6.92 Å². The van der Waals surface area contributed by atoms with Gasteiger partial charge in [-0.25, -0.2) is 0 Å². The van der Waals surface area contributed by atoms with Crippen LogP contribution in [0.15, 0.2) is 18.5 Å². The summed E-state index contributed by atoms with van der Waals surface area (Å²) in [6, 6.07) is 1.44. The van der Waals surface area contributed by atoms with E-state index in [0.29, 0.717) is 19.4 Å². The molecule has 104 valence electrons. The number of carboxylic acids is 1. The first kappa shape index (κ1) is 14.9. The van der Waals surface area contributed by atoms with Crippen molar-refractivity contribution >= 4 is 11.9 Å². The van der Waals surface area contributed by atoms with E-state index in [2.05, 4.69) is 10.3 Å². The third-order valence-electron chi connectivity index (χ3n) is 2.82. The predicted octanol–water partition coefficient (Wildman–Crippen LogP) is 1.41. The molecule has 1 heterocycles. The zero-order chi connectivity index (χ0) is 14.3. The van der Waals surface area contributed by atoms with Gasteiger partial charge in [0.1, 0.15) is 5.75 Å². The fraction of sp³-hybridized carbons (Fsp3) is 0.462. The first-order valence-electron chi connectivity index (χ1n) is 6.13. The van der Waals surface area contributed by atoms with E-state index < -0.39 is 5.97 Å². The summed E-state index contributed by atoms with van der Waals surface area (Å²) in [4.78, 5) is 25.8. The van der Waals surface area contributed by atoms with Crippen molar-refractivity contribution in [1.82, 2.24) is 10.3 Å². The van der Waals surface area contributed by atoms with Gasteiger partial charge in [0, 0.05) is 19.2 Å². The third-order valence-corrected chi connectivity index (χ3v) is 2.82. The lowest BCUT2D eigenvalue weighted by molar-refractivity contribution is -0.137. The van der Waals surface area contributed by atoms with Gasteiger partial charge in [-0.3, -0.25) is 14.6 Å². The maximum absolute atomic E-state index is 11.7. The van der Waals surface area contributed by atoms with E-state index in [-0.39, 0.29) is 29.6 Å². The van der Waals surface area contributed by atoms with Crippen molar-refractivity contribution < 1.29 is 19.8 Å². The lowest BCUT2D eigenvalue weighted by atomic mass is 10.0. The molecular weight excluding hydrogens is 248 g/mol. The maximum atomic E-state index is 11.7. The van der Waals surface area contributed by atoms with Crippen LogP contribution >= 0.6 is 0 Å². The molecule has 1 amide bonds. The summed E-state index contributed by atoms with van der Waals surface area (Å²) < 4.78 is 0. The van der Waals surface area contributed by atoms with Crippen molar-refractivity contribution in [3.63, 3.8) is 0 Å². The molecule has 1 aromatic rings. The fourth-order valence-electron chi connectivity index (χ4n) is 1.62. The Hall–Kier alpha value is -2.11. The molecule has 0 fully saturated rings. The second-order valence-electron chi connectivity index (χ2n) is 4.47. The average molecular weight is 266 g/mol. The van der Waals surface area contributed by atoms with Crippen LogP contribution in [0, 0.1) is 5.92 Å². The molecule has 6 nitrogen and oxygen atoms in total. The molecule has 0 radical (unpaired) electrons. The van der Waals surface area contributed by atoms with Gasteiger partial charge in [0.25, 0.3) is 5.91 Å². The Bertz CT molecular complexity index is 448. The van der Waals surface area contributed by atoms with Crippen LogP contribution in [0.5, 0.6) is 5.75 Å². The summed E-state index contributed by atoms with van der Waals surface area (Å²) in [5.41, 5.74) is 0.188. The van der Waals surface area contributed by atoms with Crippen molar-refractivity contribution in [1.29, 1.82) is 0 Å². The largest absolute Gasteiger partial charge is 0.505 e. The van der Waals surface area contributed by atoms with Crippen molar-refractivity contribution in [2.45, 2.75) is 26.2 Å². The first-order valence-corrected chi connectivity index (χ1v) is 6.13. The molecule has 19 heavy (non-hydrogen) atoms.